The monoisotopic (exact) mass is 284 g/mol. The van der Waals surface area contributed by atoms with E-state index in [9.17, 15) is 10.2 Å². The highest BCUT2D eigenvalue weighted by atomic mass is 16.5. The molecular weight excluding hydrogens is 260 g/mol. The van der Waals surface area contributed by atoms with Gasteiger partial charge in [-0.25, -0.2) is 0 Å². The van der Waals surface area contributed by atoms with Gasteiger partial charge in [-0.3, -0.25) is 0 Å². The lowest BCUT2D eigenvalue weighted by molar-refractivity contribution is 0.185. The van der Waals surface area contributed by atoms with Crippen LogP contribution in [0.3, 0.4) is 0 Å². The molecule has 0 aromatic rings. The van der Waals surface area contributed by atoms with Crippen LogP contribution < -0.4 is 0 Å². The lowest BCUT2D eigenvalue weighted by atomic mass is 10.2. The van der Waals surface area contributed by atoms with Crippen molar-refractivity contribution in [1.82, 2.24) is 0 Å². The predicted molar refractivity (Wildman–Crippen MR) is 78.5 cm³/mol. The molecule has 0 aliphatic heterocycles. The van der Waals surface area contributed by atoms with Crippen molar-refractivity contribution in [3.05, 3.63) is 47.5 Å². The summed E-state index contributed by atoms with van der Waals surface area (Å²) >= 11 is 0. The minimum Gasteiger partial charge on any atom is -0.512 e. The van der Waals surface area contributed by atoms with E-state index in [1.165, 1.54) is 12.2 Å². The number of ether oxygens (including phenoxy) is 1. The Hall–Kier alpha value is -1.56. The van der Waals surface area contributed by atoms with Gasteiger partial charge >= 0.3 is 0 Å². The van der Waals surface area contributed by atoms with Gasteiger partial charge in [-0.15, -0.1) is 0 Å². The molecular formula is C15H24O5. The predicted octanol–water partition coefficient (Wildman–Crippen LogP) is 2.15. The molecule has 0 aromatic heterocycles. The Balaban J connectivity index is 4.18. The van der Waals surface area contributed by atoms with E-state index in [1.807, 2.05) is 6.92 Å². The second kappa shape index (κ2) is 12.5. The summed E-state index contributed by atoms with van der Waals surface area (Å²) < 4.78 is 5.30. The smallest absolute Gasteiger partial charge is 0.117 e. The minimum atomic E-state index is -0.108. The molecule has 0 amide bonds. The van der Waals surface area contributed by atoms with E-state index in [0.717, 1.165) is 12.0 Å². The molecule has 0 bridgehead atoms. The van der Waals surface area contributed by atoms with Crippen molar-refractivity contribution < 1.29 is 25.2 Å². The first kappa shape index (κ1) is 18.4. The summed E-state index contributed by atoms with van der Waals surface area (Å²) in [4.78, 5) is 0. The molecule has 20 heavy (non-hydrogen) atoms. The first-order valence-corrected chi connectivity index (χ1v) is 6.57. The van der Waals surface area contributed by atoms with Gasteiger partial charge in [0.25, 0.3) is 0 Å². The topological polar surface area (TPSA) is 90.2 Å². The third-order valence-electron chi connectivity index (χ3n) is 2.29. The Kier molecular flexibility index (Phi) is 11.5. The summed E-state index contributed by atoms with van der Waals surface area (Å²) in [5.74, 6) is 0.0857. The number of aliphatic hydroxyl groups excluding tert-OH is 4. The Labute approximate surface area is 119 Å². The number of hydrogen-bond acceptors (Lipinski definition) is 5. The van der Waals surface area contributed by atoms with E-state index >= 15 is 0 Å². The molecule has 5 heteroatoms. The van der Waals surface area contributed by atoms with Gasteiger partial charge in [0, 0.05) is 12.5 Å². The van der Waals surface area contributed by atoms with Crippen LogP contribution in [0.1, 0.15) is 19.8 Å². The molecule has 0 saturated heterocycles. The van der Waals surface area contributed by atoms with Gasteiger partial charge in [0.15, 0.2) is 0 Å². The first-order valence-electron chi connectivity index (χ1n) is 6.57. The maximum absolute atomic E-state index is 9.50. The molecule has 0 unspecified atom stereocenters. The van der Waals surface area contributed by atoms with Gasteiger partial charge in [-0.2, -0.15) is 0 Å². The second-order valence-electron chi connectivity index (χ2n) is 4.08. The molecule has 0 rings (SSSR count). The molecule has 0 saturated carbocycles. The maximum Gasteiger partial charge on any atom is 0.117 e. The summed E-state index contributed by atoms with van der Waals surface area (Å²) in [7, 11) is 0. The van der Waals surface area contributed by atoms with Gasteiger partial charge in [-0.1, -0.05) is 25.2 Å². The summed E-state index contributed by atoms with van der Waals surface area (Å²) in [5, 5.41) is 36.4. The SMILES string of the molecule is CCC/C(O)=C\C(O)=C/COCC(/C=C\CO)=C/CO. The summed E-state index contributed by atoms with van der Waals surface area (Å²) in [6.07, 6.45) is 8.84. The molecule has 0 radical (unpaired) electrons. The van der Waals surface area contributed by atoms with Crippen molar-refractivity contribution in [2.24, 2.45) is 0 Å². The fourth-order valence-electron chi connectivity index (χ4n) is 1.38. The van der Waals surface area contributed by atoms with Crippen LogP contribution in [0.15, 0.2) is 47.5 Å². The molecule has 5 nitrogen and oxygen atoms in total. The summed E-state index contributed by atoms with van der Waals surface area (Å²) in [5.41, 5.74) is 0.735. The zero-order valence-electron chi connectivity index (χ0n) is 11.8. The molecule has 0 aliphatic rings. The van der Waals surface area contributed by atoms with Crippen LogP contribution in [0.25, 0.3) is 0 Å². The summed E-state index contributed by atoms with van der Waals surface area (Å²) in [6.45, 7) is 2.18. The summed E-state index contributed by atoms with van der Waals surface area (Å²) in [6, 6.07) is 0. The van der Waals surface area contributed by atoms with Gasteiger partial charge in [0.05, 0.1) is 32.2 Å². The molecule has 0 atom stereocenters. The van der Waals surface area contributed by atoms with Crippen LogP contribution >= 0.6 is 0 Å². The third-order valence-corrected chi connectivity index (χ3v) is 2.29. The lowest BCUT2D eigenvalue weighted by Gasteiger charge is -2.03. The molecule has 0 heterocycles. The van der Waals surface area contributed by atoms with E-state index in [2.05, 4.69) is 0 Å². The van der Waals surface area contributed by atoms with Crippen LogP contribution in [0.5, 0.6) is 0 Å². The van der Waals surface area contributed by atoms with Gasteiger partial charge < -0.3 is 25.2 Å². The van der Waals surface area contributed by atoms with Crippen molar-refractivity contribution in [1.29, 1.82) is 0 Å². The largest absolute Gasteiger partial charge is 0.512 e. The van der Waals surface area contributed by atoms with Crippen molar-refractivity contribution in [2.75, 3.05) is 26.4 Å². The van der Waals surface area contributed by atoms with Crippen LogP contribution in [0.2, 0.25) is 0 Å². The highest BCUT2D eigenvalue weighted by molar-refractivity contribution is 5.19. The standard InChI is InChI=1S/C15H24O5/c1-2-4-14(18)11-15(19)7-10-20-12-13(6-9-17)5-3-8-16/h3,5-7,11,16-19H,2,4,8-10,12H2,1H3/b5-3-,13-6+,14-11+,15-7+. The van der Waals surface area contributed by atoms with Crippen molar-refractivity contribution in [3.63, 3.8) is 0 Å². The highest BCUT2D eigenvalue weighted by Gasteiger charge is 1.95. The minimum absolute atomic E-state index is 0.0467. The lowest BCUT2D eigenvalue weighted by Crippen LogP contribution is -1.99. The van der Waals surface area contributed by atoms with Gasteiger partial charge in [0.1, 0.15) is 5.76 Å². The van der Waals surface area contributed by atoms with E-state index in [-0.39, 0.29) is 37.9 Å². The van der Waals surface area contributed by atoms with E-state index in [4.69, 9.17) is 14.9 Å². The molecule has 0 aromatic carbocycles. The zero-order chi connectivity index (χ0) is 15.2. The van der Waals surface area contributed by atoms with Gasteiger partial charge in [0.2, 0.25) is 0 Å². The van der Waals surface area contributed by atoms with E-state index in [0.29, 0.717) is 6.42 Å². The number of hydrogen-bond donors (Lipinski definition) is 4. The quantitative estimate of drug-likeness (QED) is 0.280. The third kappa shape index (κ3) is 10.4. The fourth-order valence-corrected chi connectivity index (χ4v) is 1.38. The van der Waals surface area contributed by atoms with Crippen LogP contribution in [-0.4, -0.2) is 46.9 Å². The average Bonchev–Trinajstić information content (AvgIpc) is 2.40. The maximum atomic E-state index is 9.50. The average molecular weight is 284 g/mol. The second-order valence-corrected chi connectivity index (χ2v) is 4.08. The van der Waals surface area contributed by atoms with E-state index < -0.39 is 0 Å². The normalized spacial score (nSPS) is 14.2. The zero-order valence-corrected chi connectivity index (χ0v) is 11.8. The van der Waals surface area contributed by atoms with Crippen LogP contribution in [0.4, 0.5) is 0 Å². The van der Waals surface area contributed by atoms with E-state index in [1.54, 1.807) is 18.2 Å². The van der Waals surface area contributed by atoms with Gasteiger partial charge in [-0.05, 0) is 18.1 Å². The molecule has 114 valence electrons. The van der Waals surface area contributed by atoms with Crippen molar-refractivity contribution in [2.45, 2.75) is 19.8 Å². The molecule has 0 spiro atoms. The van der Waals surface area contributed by atoms with Crippen molar-refractivity contribution in [3.8, 4) is 0 Å². The molecule has 4 N–H and O–H groups in total. The fraction of sp³-hybridized carbons (Fsp3) is 0.467. The Morgan fingerprint density at radius 2 is 1.85 bits per heavy atom. The first-order chi connectivity index (χ1) is 9.63. The van der Waals surface area contributed by atoms with Crippen LogP contribution in [0, 0.1) is 0 Å². The Morgan fingerprint density at radius 1 is 1.10 bits per heavy atom. The highest BCUT2D eigenvalue weighted by Crippen LogP contribution is 2.04. The number of aliphatic hydroxyl groups is 4. The molecule has 0 fully saturated rings. The number of allylic oxidation sites excluding steroid dienone is 2. The Bertz CT molecular complexity index is 366. The Morgan fingerprint density at radius 3 is 2.45 bits per heavy atom. The number of rotatable bonds is 10. The molecule has 0 aliphatic carbocycles. The van der Waals surface area contributed by atoms with Crippen LogP contribution in [-0.2, 0) is 4.74 Å². The van der Waals surface area contributed by atoms with Crippen molar-refractivity contribution >= 4 is 0 Å².